The largest absolute Gasteiger partial charge is 0.281 e. The summed E-state index contributed by atoms with van der Waals surface area (Å²) >= 11 is 0. The minimum absolute atomic E-state index is 0.615. The molecule has 0 atom stereocenters. The maximum atomic E-state index is 8.96. The molecule has 0 radical (unpaired) electrons. The SMILES string of the molecule is Cc1cc(C)n(-c2cc(Cc3[nH]nc(-c4ccc(C#N)cc4)c3C)ncn2)n1. The minimum atomic E-state index is 0.615. The lowest BCUT2D eigenvalue weighted by Gasteiger charge is -2.06. The van der Waals surface area contributed by atoms with Crippen molar-refractivity contribution in [3.63, 3.8) is 0 Å². The van der Waals surface area contributed by atoms with Gasteiger partial charge in [0.25, 0.3) is 0 Å². The molecule has 7 nitrogen and oxygen atoms in total. The highest BCUT2D eigenvalue weighted by Crippen LogP contribution is 2.24. The number of benzene rings is 1. The Morgan fingerprint density at radius 3 is 2.54 bits per heavy atom. The summed E-state index contributed by atoms with van der Waals surface area (Å²) in [6.07, 6.45) is 2.18. The summed E-state index contributed by atoms with van der Waals surface area (Å²) in [7, 11) is 0. The Labute approximate surface area is 162 Å². The fourth-order valence-corrected chi connectivity index (χ4v) is 3.23. The molecule has 1 aromatic carbocycles. The molecule has 0 saturated carbocycles. The molecule has 138 valence electrons. The van der Waals surface area contributed by atoms with Gasteiger partial charge in [-0.3, -0.25) is 5.10 Å². The predicted molar refractivity (Wildman–Crippen MR) is 105 cm³/mol. The number of aromatic amines is 1. The third-order valence-electron chi connectivity index (χ3n) is 4.69. The molecule has 0 aliphatic rings. The van der Waals surface area contributed by atoms with E-state index in [1.807, 2.05) is 49.7 Å². The van der Waals surface area contributed by atoms with Crippen molar-refractivity contribution in [2.75, 3.05) is 0 Å². The van der Waals surface area contributed by atoms with Gasteiger partial charge in [-0.1, -0.05) is 12.1 Å². The lowest BCUT2D eigenvalue weighted by atomic mass is 10.0. The van der Waals surface area contributed by atoms with E-state index in [4.69, 9.17) is 5.26 Å². The highest BCUT2D eigenvalue weighted by molar-refractivity contribution is 5.64. The van der Waals surface area contributed by atoms with Gasteiger partial charge < -0.3 is 0 Å². The smallest absolute Gasteiger partial charge is 0.157 e. The lowest BCUT2D eigenvalue weighted by Crippen LogP contribution is -2.04. The standard InChI is InChI=1S/C21H19N7/c1-13-8-14(2)28(27-13)20-10-18(23-12-24-20)9-19-15(3)21(26-25-19)17-6-4-16(11-22)5-7-17/h4-8,10,12H,9H2,1-3H3,(H,25,26). The number of rotatable bonds is 4. The molecule has 1 N–H and O–H groups in total. The van der Waals surface area contributed by atoms with Gasteiger partial charge in [0, 0.05) is 29.4 Å². The highest BCUT2D eigenvalue weighted by Gasteiger charge is 2.13. The van der Waals surface area contributed by atoms with Crippen LogP contribution in [-0.4, -0.2) is 29.9 Å². The Balaban J connectivity index is 1.62. The first-order chi connectivity index (χ1) is 13.5. The predicted octanol–water partition coefficient (Wildman–Crippen LogP) is 3.44. The zero-order valence-corrected chi connectivity index (χ0v) is 15.9. The summed E-state index contributed by atoms with van der Waals surface area (Å²) < 4.78 is 1.82. The number of aryl methyl sites for hydroxylation is 2. The number of hydrogen-bond acceptors (Lipinski definition) is 5. The maximum absolute atomic E-state index is 8.96. The molecule has 0 fully saturated rings. The van der Waals surface area contributed by atoms with Gasteiger partial charge in [-0.2, -0.15) is 15.5 Å². The second kappa shape index (κ2) is 7.08. The monoisotopic (exact) mass is 369 g/mol. The van der Waals surface area contributed by atoms with Gasteiger partial charge in [-0.05, 0) is 44.5 Å². The van der Waals surface area contributed by atoms with Gasteiger partial charge in [-0.25, -0.2) is 14.6 Å². The number of hydrogen-bond donors (Lipinski definition) is 1. The molecule has 3 heterocycles. The maximum Gasteiger partial charge on any atom is 0.157 e. The average Bonchev–Trinajstić information content (AvgIpc) is 3.24. The van der Waals surface area contributed by atoms with E-state index in [2.05, 4.69) is 31.3 Å². The van der Waals surface area contributed by atoms with Crippen LogP contribution in [0.5, 0.6) is 0 Å². The molecule has 4 aromatic rings. The third kappa shape index (κ3) is 3.28. The van der Waals surface area contributed by atoms with Crippen LogP contribution in [-0.2, 0) is 6.42 Å². The Morgan fingerprint density at radius 2 is 1.86 bits per heavy atom. The fourth-order valence-electron chi connectivity index (χ4n) is 3.23. The fraction of sp³-hybridized carbons (Fsp3) is 0.190. The van der Waals surface area contributed by atoms with Crippen molar-refractivity contribution >= 4 is 0 Å². The van der Waals surface area contributed by atoms with Crippen molar-refractivity contribution in [1.29, 1.82) is 5.26 Å². The van der Waals surface area contributed by atoms with E-state index in [1.54, 1.807) is 18.5 Å². The van der Waals surface area contributed by atoms with Crippen molar-refractivity contribution in [3.8, 4) is 23.1 Å². The minimum Gasteiger partial charge on any atom is -0.281 e. The van der Waals surface area contributed by atoms with Crippen LogP contribution in [0.15, 0.2) is 42.7 Å². The van der Waals surface area contributed by atoms with Gasteiger partial charge in [0.15, 0.2) is 5.82 Å². The van der Waals surface area contributed by atoms with Crippen molar-refractivity contribution in [2.24, 2.45) is 0 Å². The van der Waals surface area contributed by atoms with Gasteiger partial charge in [0.1, 0.15) is 6.33 Å². The van der Waals surface area contributed by atoms with Crippen LogP contribution in [0, 0.1) is 32.1 Å². The normalized spacial score (nSPS) is 10.8. The topological polar surface area (TPSA) is 96.1 Å². The first-order valence-electron chi connectivity index (χ1n) is 8.94. The Bertz CT molecular complexity index is 1180. The van der Waals surface area contributed by atoms with Crippen LogP contribution >= 0.6 is 0 Å². The van der Waals surface area contributed by atoms with Gasteiger partial charge in [-0.15, -0.1) is 0 Å². The molecule has 0 aliphatic heterocycles. The zero-order chi connectivity index (χ0) is 19.7. The molecule has 0 spiro atoms. The van der Waals surface area contributed by atoms with Crippen LogP contribution in [0.2, 0.25) is 0 Å². The van der Waals surface area contributed by atoms with Gasteiger partial charge >= 0.3 is 0 Å². The molecular formula is C21H19N7. The van der Waals surface area contributed by atoms with Crippen molar-refractivity contribution < 1.29 is 0 Å². The summed E-state index contributed by atoms with van der Waals surface area (Å²) in [6, 6.07) is 13.5. The van der Waals surface area contributed by atoms with Crippen molar-refractivity contribution in [3.05, 3.63) is 76.6 Å². The van der Waals surface area contributed by atoms with E-state index in [0.717, 1.165) is 45.4 Å². The van der Waals surface area contributed by atoms with Gasteiger partial charge in [0.05, 0.1) is 28.7 Å². The van der Waals surface area contributed by atoms with E-state index in [9.17, 15) is 0 Å². The molecule has 0 unspecified atom stereocenters. The van der Waals surface area contributed by atoms with E-state index >= 15 is 0 Å². The van der Waals surface area contributed by atoms with Gasteiger partial charge in [0.2, 0.25) is 0 Å². The molecule has 0 aliphatic carbocycles. The molecular weight excluding hydrogens is 350 g/mol. The average molecular weight is 369 g/mol. The molecule has 28 heavy (non-hydrogen) atoms. The Kier molecular flexibility index (Phi) is 4.45. The quantitative estimate of drug-likeness (QED) is 0.594. The van der Waals surface area contributed by atoms with E-state index in [0.29, 0.717) is 12.0 Å². The van der Waals surface area contributed by atoms with Crippen LogP contribution in [0.4, 0.5) is 0 Å². The van der Waals surface area contributed by atoms with E-state index in [1.165, 1.54) is 0 Å². The van der Waals surface area contributed by atoms with Crippen molar-refractivity contribution in [2.45, 2.75) is 27.2 Å². The number of aromatic nitrogens is 6. The molecule has 7 heteroatoms. The van der Waals surface area contributed by atoms with Crippen LogP contribution < -0.4 is 0 Å². The van der Waals surface area contributed by atoms with Crippen molar-refractivity contribution in [1.82, 2.24) is 29.9 Å². The molecule has 0 saturated heterocycles. The van der Waals surface area contributed by atoms with Crippen LogP contribution in [0.3, 0.4) is 0 Å². The third-order valence-corrected chi connectivity index (χ3v) is 4.69. The summed E-state index contributed by atoms with van der Waals surface area (Å²) in [5.41, 5.74) is 7.42. The highest BCUT2D eigenvalue weighted by atomic mass is 15.3. The van der Waals surface area contributed by atoms with E-state index < -0.39 is 0 Å². The van der Waals surface area contributed by atoms with E-state index in [-0.39, 0.29) is 0 Å². The summed E-state index contributed by atoms with van der Waals surface area (Å²) in [5.74, 6) is 0.750. The molecule has 4 rings (SSSR count). The second-order valence-corrected chi connectivity index (χ2v) is 6.75. The number of nitrogens with one attached hydrogen (secondary N) is 1. The first-order valence-corrected chi connectivity index (χ1v) is 8.94. The Morgan fingerprint density at radius 1 is 1.07 bits per heavy atom. The number of H-pyrrole nitrogens is 1. The zero-order valence-electron chi connectivity index (χ0n) is 15.9. The van der Waals surface area contributed by atoms with Crippen LogP contribution in [0.25, 0.3) is 17.1 Å². The molecule has 3 aromatic heterocycles. The lowest BCUT2D eigenvalue weighted by molar-refractivity contribution is 0.793. The number of nitrogens with zero attached hydrogens (tertiary/aromatic N) is 6. The summed E-state index contributed by atoms with van der Waals surface area (Å²) in [5, 5.41) is 21.0. The second-order valence-electron chi connectivity index (χ2n) is 6.75. The Hall–Kier alpha value is -3.79. The van der Waals surface area contributed by atoms with Crippen LogP contribution in [0.1, 0.15) is 33.9 Å². The summed E-state index contributed by atoms with van der Waals surface area (Å²) in [6.45, 7) is 6.00. The first kappa shape index (κ1) is 17.6. The summed E-state index contributed by atoms with van der Waals surface area (Å²) in [4.78, 5) is 8.76. The number of nitriles is 1. The molecule has 0 bridgehead atoms. The molecule has 0 amide bonds.